The quantitative estimate of drug-likeness (QED) is 0.591. The minimum Gasteiger partial charge on any atom is -0.493 e. The van der Waals surface area contributed by atoms with Crippen molar-refractivity contribution in [1.29, 1.82) is 0 Å². The SMILES string of the molecule is COc1cc(C2NC(C(=O)O)Cc3c2[nH]c2ccccc32)ccc1OCC(C)C. The second kappa shape index (κ2) is 7.79. The molecule has 1 aliphatic rings. The number of H-pyrrole nitrogens is 1. The highest BCUT2D eigenvalue weighted by atomic mass is 16.5. The number of carbonyl (C=O) groups is 1. The minimum absolute atomic E-state index is 0.278. The number of hydrogen-bond donors (Lipinski definition) is 3. The van der Waals surface area contributed by atoms with Crippen LogP contribution in [0, 0.1) is 5.92 Å². The molecular formula is C23H26N2O4. The number of aromatic amines is 1. The molecule has 0 spiro atoms. The van der Waals surface area contributed by atoms with Crippen LogP contribution in [-0.2, 0) is 11.2 Å². The normalized spacial score (nSPS) is 18.6. The molecule has 2 aromatic carbocycles. The van der Waals surface area contributed by atoms with Crippen molar-refractivity contribution >= 4 is 16.9 Å². The van der Waals surface area contributed by atoms with Gasteiger partial charge in [-0.25, -0.2) is 0 Å². The van der Waals surface area contributed by atoms with Crippen LogP contribution in [0.1, 0.15) is 36.7 Å². The van der Waals surface area contributed by atoms with E-state index in [0.717, 1.165) is 27.7 Å². The number of para-hydroxylation sites is 1. The van der Waals surface area contributed by atoms with E-state index in [0.29, 0.717) is 30.4 Å². The molecule has 3 aromatic rings. The molecule has 0 radical (unpaired) electrons. The Morgan fingerprint density at radius 3 is 2.72 bits per heavy atom. The van der Waals surface area contributed by atoms with E-state index in [9.17, 15) is 9.90 Å². The number of carboxylic acids is 1. The van der Waals surface area contributed by atoms with Crippen LogP contribution in [-0.4, -0.2) is 35.8 Å². The molecule has 0 amide bonds. The lowest BCUT2D eigenvalue weighted by Crippen LogP contribution is -2.44. The van der Waals surface area contributed by atoms with E-state index in [-0.39, 0.29) is 6.04 Å². The Labute approximate surface area is 169 Å². The smallest absolute Gasteiger partial charge is 0.321 e. The Bertz CT molecular complexity index is 1040. The number of benzene rings is 2. The van der Waals surface area contributed by atoms with Crippen LogP contribution < -0.4 is 14.8 Å². The van der Waals surface area contributed by atoms with Crippen LogP contribution in [0.25, 0.3) is 10.9 Å². The van der Waals surface area contributed by atoms with Crippen LogP contribution in [0.15, 0.2) is 42.5 Å². The van der Waals surface area contributed by atoms with E-state index >= 15 is 0 Å². The number of aliphatic carboxylic acids is 1. The lowest BCUT2D eigenvalue weighted by Gasteiger charge is -2.30. The molecular weight excluding hydrogens is 368 g/mol. The fraction of sp³-hybridized carbons (Fsp3) is 0.348. The third-order valence-corrected chi connectivity index (χ3v) is 5.30. The van der Waals surface area contributed by atoms with Gasteiger partial charge >= 0.3 is 5.97 Å². The molecule has 0 saturated carbocycles. The maximum atomic E-state index is 11.8. The first-order valence-corrected chi connectivity index (χ1v) is 9.87. The Balaban J connectivity index is 1.77. The highest BCUT2D eigenvalue weighted by Crippen LogP contribution is 2.38. The van der Waals surface area contributed by atoms with Gasteiger partial charge in [0.15, 0.2) is 11.5 Å². The van der Waals surface area contributed by atoms with Crippen LogP contribution in [0.4, 0.5) is 0 Å². The number of aromatic nitrogens is 1. The molecule has 3 N–H and O–H groups in total. The van der Waals surface area contributed by atoms with E-state index in [4.69, 9.17) is 9.47 Å². The van der Waals surface area contributed by atoms with Crippen molar-refractivity contribution in [1.82, 2.24) is 10.3 Å². The van der Waals surface area contributed by atoms with E-state index in [1.54, 1.807) is 7.11 Å². The summed E-state index contributed by atoms with van der Waals surface area (Å²) in [5.74, 6) is 0.881. The van der Waals surface area contributed by atoms with Gasteiger partial charge in [-0.2, -0.15) is 0 Å². The first-order valence-electron chi connectivity index (χ1n) is 9.87. The second-order valence-corrected chi connectivity index (χ2v) is 7.87. The molecule has 0 bridgehead atoms. The minimum atomic E-state index is -0.852. The summed E-state index contributed by atoms with van der Waals surface area (Å²) in [6.07, 6.45) is 0.442. The zero-order valence-electron chi connectivity index (χ0n) is 16.9. The molecule has 2 unspecified atom stereocenters. The molecule has 1 aliphatic heterocycles. The molecule has 0 fully saturated rings. The maximum absolute atomic E-state index is 11.8. The van der Waals surface area contributed by atoms with Gasteiger partial charge in [0.1, 0.15) is 6.04 Å². The summed E-state index contributed by atoms with van der Waals surface area (Å²) < 4.78 is 11.4. The Hall–Kier alpha value is -2.99. The third kappa shape index (κ3) is 3.68. The van der Waals surface area contributed by atoms with Gasteiger partial charge in [0, 0.05) is 23.0 Å². The number of methoxy groups -OCH3 is 1. The van der Waals surface area contributed by atoms with Crippen molar-refractivity contribution in [2.45, 2.75) is 32.4 Å². The fourth-order valence-electron chi connectivity index (χ4n) is 3.90. The van der Waals surface area contributed by atoms with Gasteiger partial charge in [0.25, 0.3) is 0 Å². The summed E-state index contributed by atoms with van der Waals surface area (Å²) in [6.45, 7) is 4.79. The molecule has 0 aliphatic carbocycles. The molecule has 6 nitrogen and oxygen atoms in total. The Morgan fingerprint density at radius 1 is 1.21 bits per heavy atom. The summed E-state index contributed by atoms with van der Waals surface area (Å²) in [7, 11) is 1.62. The van der Waals surface area contributed by atoms with Gasteiger partial charge in [0.2, 0.25) is 0 Å². The third-order valence-electron chi connectivity index (χ3n) is 5.30. The van der Waals surface area contributed by atoms with Crippen LogP contribution in [0.3, 0.4) is 0 Å². The molecule has 152 valence electrons. The van der Waals surface area contributed by atoms with Crippen molar-refractivity contribution in [3.05, 3.63) is 59.3 Å². The number of nitrogens with one attached hydrogen (secondary N) is 2. The van der Waals surface area contributed by atoms with Crippen molar-refractivity contribution < 1.29 is 19.4 Å². The van der Waals surface area contributed by atoms with Crippen LogP contribution >= 0.6 is 0 Å². The maximum Gasteiger partial charge on any atom is 0.321 e. The predicted octanol–water partition coefficient (Wildman–Crippen LogP) is 3.90. The fourth-order valence-corrected chi connectivity index (χ4v) is 3.90. The van der Waals surface area contributed by atoms with Crippen LogP contribution in [0.5, 0.6) is 11.5 Å². The molecule has 6 heteroatoms. The highest BCUT2D eigenvalue weighted by molar-refractivity contribution is 5.87. The van der Waals surface area contributed by atoms with Gasteiger partial charge in [-0.05, 0) is 35.2 Å². The molecule has 2 heterocycles. The number of rotatable bonds is 6. The molecule has 2 atom stereocenters. The van der Waals surface area contributed by atoms with Crippen molar-refractivity contribution in [2.75, 3.05) is 13.7 Å². The Morgan fingerprint density at radius 2 is 2.00 bits per heavy atom. The molecule has 29 heavy (non-hydrogen) atoms. The van der Waals surface area contributed by atoms with Crippen molar-refractivity contribution in [3.63, 3.8) is 0 Å². The van der Waals surface area contributed by atoms with E-state index in [1.165, 1.54) is 0 Å². The summed E-state index contributed by atoms with van der Waals surface area (Å²) >= 11 is 0. The zero-order chi connectivity index (χ0) is 20.5. The lowest BCUT2D eigenvalue weighted by atomic mass is 9.90. The van der Waals surface area contributed by atoms with Gasteiger partial charge in [-0.15, -0.1) is 0 Å². The van der Waals surface area contributed by atoms with Gasteiger partial charge in [0.05, 0.1) is 19.8 Å². The van der Waals surface area contributed by atoms with E-state index < -0.39 is 12.0 Å². The van der Waals surface area contributed by atoms with Gasteiger partial charge in [-0.3, -0.25) is 10.1 Å². The second-order valence-electron chi connectivity index (χ2n) is 7.87. The average molecular weight is 394 g/mol. The number of fused-ring (bicyclic) bond motifs is 3. The molecule has 4 rings (SSSR count). The zero-order valence-corrected chi connectivity index (χ0v) is 16.9. The van der Waals surface area contributed by atoms with Crippen molar-refractivity contribution in [3.8, 4) is 11.5 Å². The highest BCUT2D eigenvalue weighted by Gasteiger charge is 2.34. The summed E-state index contributed by atoms with van der Waals surface area (Å²) in [5.41, 5.74) is 3.99. The van der Waals surface area contributed by atoms with E-state index in [2.05, 4.69) is 24.1 Å². The first-order chi connectivity index (χ1) is 14.0. The topological polar surface area (TPSA) is 83.6 Å². The molecule has 1 aromatic heterocycles. The predicted molar refractivity (Wildman–Crippen MR) is 112 cm³/mol. The van der Waals surface area contributed by atoms with Gasteiger partial charge < -0.3 is 19.6 Å². The Kier molecular flexibility index (Phi) is 5.20. The lowest BCUT2D eigenvalue weighted by molar-refractivity contribution is -0.139. The number of carboxylic acid groups (broad SMARTS) is 1. The average Bonchev–Trinajstić information content (AvgIpc) is 3.10. The van der Waals surface area contributed by atoms with Crippen molar-refractivity contribution in [2.24, 2.45) is 5.92 Å². The van der Waals surface area contributed by atoms with Gasteiger partial charge in [-0.1, -0.05) is 38.1 Å². The summed E-state index contributed by atoms with van der Waals surface area (Å²) in [5, 5.41) is 14.0. The first kappa shape index (κ1) is 19.3. The summed E-state index contributed by atoms with van der Waals surface area (Å²) in [6, 6.07) is 12.9. The summed E-state index contributed by atoms with van der Waals surface area (Å²) in [4.78, 5) is 15.3. The molecule has 0 saturated heterocycles. The monoisotopic (exact) mass is 394 g/mol. The van der Waals surface area contributed by atoms with Crippen LogP contribution in [0.2, 0.25) is 0 Å². The largest absolute Gasteiger partial charge is 0.493 e. The standard InChI is InChI=1S/C23H26N2O4/c1-13(2)12-29-19-9-8-14(10-20(19)28-3)21-22-16(11-18(25-21)23(26)27)15-6-4-5-7-17(15)24-22/h4-10,13,18,21,24-25H,11-12H2,1-3H3,(H,26,27). The van der Waals surface area contributed by atoms with E-state index in [1.807, 2.05) is 42.5 Å². The number of ether oxygens (including phenoxy) is 2. The number of hydrogen-bond acceptors (Lipinski definition) is 4.